The van der Waals surface area contributed by atoms with Crippen molar-refractivity contribution in [2.24, 2.45) is 5.73 Å². The monoisotopic (exact) mass is 364 g/mol. The minimum absolute atomic E-state index is 0.0478. The van der Waals surface area contributed by atoms with Crippen molar-refractivity contribution in [3.05, 3.63) is 17.0 Å². The van der Waals surface area contributed by atoms with Gasteiger partial charge in [-0.2, -0.15) is 4.98 Å². The van der Waals surface area contributed by atoms with Gasteiger partial charge in [0.05, 0.1) is 19.4 Å². The lowest BCUT2D eigenvalue weighted by atomic mass is 10.3. The highest BCUT2D eigenvalue weighted by Gasteiger charge is 2.36. The number of hydrogen-bond donors (Lipinski definition) is 1. The molecule has 23 heavy (non-hydrogen) atoms. The normalized spacial score (nSPS) is 20.4. The minimum Gasteiger partial charge on any atom is -0.364 e. The van der Waals surface area contributed by atoms with Gasteiger partial charge in [-0.15, -0.1) is 0 Å². The number of ether oxygens (including phenoxy) is 2. The van der Waals surface area contributed by atoms with Gasteiger partial charge in [0.2, 0.25) is 15.3 Å². The van der Waals surface area contributed by atoms with E-state index in [1.807, 2.05) is 0 Å². The van der Waals surface area contributed by atoms with Crippen LogP contribution in [0.4, 0.5) is 5.82 Å². The Kier molecular flexibility index (Phi) is 4.81. The third-order valence-corrected chi connectivity index (χ3v) is 4.34. The van der Waals surface area contributed by atoms with Crippen molar-refractivity contribution in [1.29, 1.82) is 0 Å². The van der Waals surface area contributed by atoms with E-state index < -0.39 is 27.8 Å². The lowest BCUT2D eigenvalue weighted by Crippen LogP contribution is -2.39. The number of carbonyl (C=O) groups is 1. The number of rotatable bonds is 5. The third-order valence-electron chi connectivity index (χ3n) is 3.03. The van der Waals surface area contributed by atoms with Gasteiger partial charge in [-0.3, -0.25) is 9.10 Å². The first kappa shape index (κ1) is 17.9. The number of sulfonamides is 1. The SMILES string of the molecule is CC1(C)OC[C@@H](CN(c2cc(C(N)=O)nc(Cl)n2)S(C)(=O)=O)O1. The number of hydrogen-bond acceptors (Lipinski definition) is 7. The first-order valence-corrected chi connectivity index (χ1v) is 8.84. The summed E-state index contributed by atoms with van der Waals surface area (Å²) in [7, 11) is -3.71. The fourth-order valence-electron chi connectivity index (χ4n) is 2.10. The van der Waals surface area contributed by atoms with Crippen LogP contribution in [0.25, 0.3) is 0 Å². The molecule has 2 heterocycles. The Labute approximate surface area is 138 Å². The molecular formula is C12H17ClN4O5S. The molecule has 1 fully saturated rings. The Balaban J connectivity index is 2.35. The molecule has 1 atom stereocenters. The Hall–Kier alpha value is -1.49. The van der Waals surface area contributed by atoms with Crippen LogP contribution >= 0.6 is 11.6 Å². The van der Waals surface area contributed by atoms with Gasteiger partial charge in [0.25, 0.3) is 5.91 Å². The zero-order chi connectivity index (χ0) is 17.4. The van der Waals surface area contributed by atoms with E-state index in [0.717, 1.165) is 16.6 Å². The molecule has 2 rings (SSSR count). The molecule has 1 aromatic heterocycles. The number of halogens is 1. The molecule has 0 unspecified atom stereocenters. The van der Waals surface area contributed by atoms with Crippen LogP contribution in [0.1, 0.15) is 24.3 Å². The lowest BCUT2D eigenvalue weighted by Gasteiger charge is -2.25. The van der Waals surface area contributed by atoms with Crippen LogP contribution in [-0.2, 0) is 19.5 Å². The van der Waals surface area contributed by atoms with Gasteiger partial charge in [0.1, 0.15) is 17.6 Å². The highest BCUT2D eigenvalue weighted by molar-refractivity contribution is 7.92. The molecule has 11 heteroatoms. The number of nitrogens with two attached hydrogens (primary N) is 1. The fourth-order valence-corrected chi connectivity index (χ4v) is 3.14. The smallest absolute Gasteiger partial charge is 0.267 e. The maximum Gasteiger partial charge on any atom is 0.267 e. The third kappa shape index (κ3) is 4.50. The summed E-state index contributed by atoms with van der Waals surface area (Å²) in [4.78, 5) is 18.8. The summed E-state index contributed by atoms with van der Waals surface area (Å²) in [6.07, 6.45) is 0.513. The van der Waals surface area contributed by atoms with Crippen molar-refractivity contribution in [2.45, 2.75) is 25.7 Å². The van der Waals surface area contributed by atoms with Crippen LogP contribution in [0, 0.1) is 0 Å². The number of aromatic nitrogens is 2. The van der Waals surface area contributed by atoms with Crippen LogP contribution in [0.5, 0.6) is 0 Å². The molecule has 0 radical (unpaired) electrons. The first-order chi connectivity index (χ1) is 10.5. The molecule has 1 aliphatic heterocycles. The summed E-state index contributed by atoms with van der Waals surface area (Å²) >= 11 is 5.74. The van der Waals surface area contributed by atoms with Gasteiger partial charge in [-0.1, -0.05) is 0 Å². The van der Waals surface area contributed by atoms with E-state index in [1.54, 1.807) is 13.8 Å². The molecule has 0 aromatic carbocycles. The largest absolute Gasteiger partial charge is 0.364 e. The van der Waals surface area contributed by atoms with Crippen LogP contribution in [0.15, 0.2) is 6.07 Å². The molecule has 0 spiro atoms. The van der Waals surface area contributed by atoms with Gasteiger partial charge in [-0.05, 0) is 25.4 Å². The molecule has 128 valence electrons. The summed E-state index contributed by atoms with van der Waals surface area (Å²) < 4.78 is 36.2. The van der Waals surface area contributed by atoms with Gasteiger partial charge in [0.15, 0.2) is 5.79 Å². The molecule has 1 aliphatic rings. The molecule has 1 amide bonds. The van der Waals surface area contributed by atoms with Crippen molar-refractivity contribution in [2.75, 3.05) is 23.7 Å². The second-order valence-corrected chi connectivity index (χ2v) is 7.73. The second-order valence-electron chi connectivity index (χ2n) is 5.49. The fraction of sp³-hybridized carbons (Fsp3) is 0.583. The number of anilines is 1. The highest BCUT2D eigenvalue weighted by Crippen LogP contribution is 2.25. The molecule has 1 aromatic rings. The van der Waals surface area contributed by atoms with Crippen molar-refractivity contribution in [3.63, 3.8) is 0 Å². The molecule has 0 bridgehead atoms. The zero-order valence-electron chi connectivity index (χ0n) is 12.8. The van der Waals surface area contributed by atoms with Gasteiger partial charge in [0, 0.05) is 6.07 Å². The summed E-state index contributed by atoms with van der Waals surface area (Å²) in [6.45, 7) is 3.63. The van der Waals surface area contributed by atoms with E-state index in [1.165, 1.54) is 0 Å². The summed E-state index contributed by atoms with van der Waals surface area (Å²) in [5.74, 6) is -1.70. The van der Waals surface area contributed by atoms with E-state index in [4.69, 9.17) is 26.8 Å². The van der Waals surface area contributed by atoms with Gasteiger partial charge < -0.3 is 15.2 Å². The first-order valence-electron chi connectivity index (χ1n) is 6.62. The molecule has 2 N–H and O–H groups in total. The average Bonchev–Trinajstić information content (AvgIpc) is 2.73. The van der Waals surface area contributed by atoms with Crippen LogP contribution in [0.2, 0.25) is 5.28 Å². The van der Waals surface area contributed by atoms with Gasteiger partial charge in [-0.25, -0.2) is 13.4 Å². The molecule has 9 nitrogen and oxygen atoms in total. The van der Waals surface area contributed by atoms with Crippen molar-refractivity contribution < 1.29 is 22.7 Å². The average molecular weight is 365 g/mol. The van der Waals surface area contributed by atoms with E-state index in [0.29, 0.717) is 0 Å². The number of amides is 1. The van der Waals surface area contributed by atoms with E-state index in [-0.39, 0.29) is 29.9 Å². The Bertz CT molecular complexity index is 724. The minimum atomic E-state index is -3.71. The van der Waals surface area contributed by atoms with E-state index in [9.17, 15) is 13.2 Å². The Morgan fingerprint density at radius 2 is 2.17 bits per heavy atom. The lowest BCUT2D eigenvalue weighted by molar-refractivity contribution is -0.136. The van der Waals surface area contributed by atoms with Crippen LogP contribution < -0.4 is 10.0 Å². The Morgan fingerprint density at radius 1 is 1.52 bits per heavy atom. The molecule has 0 saturated carbocycles. The molecule has 0 aliphatic carbocycles. The number of carbonyl (C=O) groups excluding carboxylic acids is 1. The van der Waals surface area contributed by atoms with Crippen molar-refractivity contribution in [3.8, 4) is 0 Å². The van der Waals surface area contributed by atoms with Crippen molar-refractivity contribution >= 4 is 33.3 Å². The number of primary amides is 1. The van der Waals surface area contributed by atoms with E-state index in [2.05, 4.69) is 9.97 Å². The quantitative estimate of drug-likeness (QED) is 0.737. The summed E-state index contributed by atoms with van der Waals surface area (Å²) in [5, 5.41) is -0.283. The maximum atomic E-state index is 12.1. The predicted molar refractivity (Wildman–Crippen MR) is 82.7 cm³/mol. The zero-order valence-corrected chi connectivity index (χ0v) is 14.4. The molecular weight excluding hydrogens is 348 g/mol. The second kappa shape index (κ2) is 6.19. The highest BCUT2D eigenvalue weighted by atomic mass is 35.5. The van der Waals surface area contributed by atoms with Crippen LogP contribution in [0.3, 0.4) is 0 Å². The summed E-state index contributed by atoms with van der Waals surface area (Å²) in [6, 6.07) is 1.16. The van der Waals surface area contributed by atoms with Crippen LogP contribution in [-0.4, -0.2) is 55.6 Å². The van der Waals surface area contributed by atoms with Gasteiger partial charge >= 0.3 is 0 Å². The standard InChI is InChI=1S/C12H17ClN4O5S/c1-12(2)21-6-7(22-12)5-17(23(3,19)20)9-4-8(10(14)18)15-11(13)16-9/h4,7H,5-6H2,1-3H3,(H2,14,18)/t7-/m1/s1. The predicted octanol–water partition coefficient (Wildman–Crippen LogP) is 0.146. The topological polar surface area (TPSA) is 125 Å². The number of nitrogens with zero attached hydrogens (tertiary/aromatic N) is 3. The molecule has 1 saturated heterocycles. The van der Waals surface area contributed by atoms with Crippen molar-refractivity contribution in [1.82, 2.24) is 9.97 Å². The Morgan fingerprint density at radius 3 is 2.65 bits per heavy atom. The summed E-state index contributed by atoms with van der Waals surface area (Å²) in [5.41, 5.74) is 4.98. The van der Waals surface area contributed by atoms with E-state index >= 15 is 0 Å². The maximum absolute atomic E-state index is 12.1.